The van der Waals surface area contributed by atoms with E-state index in [0.29, 0.717) is 23.1 Å². The van der Waals surface area contributed by atoms with Gasteiger partial charge in [0.1, 0.15) is 17.8 Å². The van der Waals surface area contributed by atoms with Crippen LogP contribution < -0.4 is 16.4 Å². The largest absolute Gasteiger partial charge is 0.393 e. The molecule has 1 aromatic carbocycles. The van der Waals surface area contributed by atoms with E-state index in [1.165, 1.54) is 11.9 Å². The first-order chi connectivity index (χ1) is 11.3. The van der Waals surface area contributed by atoms with Crippen molar-refractivity contribution < 1.29 is 0 Å². The number of hydrogen-bond acceptors (Lipinski definition) is 6. The minimum atomic E-state index is 0.448. The SMILES string of the molecule is CCc1ccccc1Nc1ncnc(Nc2ccccn2)c1N. The van der Waals surface area contributed by atoms with E-state index < -0.39 is 0 Å². The number of nitrogens with one attached hydrogen (secondary N) is 2. The van der Waals surface area contributed by atoms with Crippen molar-refractivity contribution in [1.29, 1.82) is 0 Å². The highest BCUT2D eigenvalue weighted by Gasteiger charge is 2.10. The molecule has 0 aliphatic rings. The summed E-state index contributed by atoms with van der Waals surface area (Å²) in [6.45, 7) is 2.11. The first kappa shape index (κ1) is 14.8. The summed E-state index contributed by atoms with van der Waals surface area (Å²) in [5.41, 5.74) is 8.83. The van der Waals surface area contributed by atoms with Gasteiger partial charge in [-0.05, 0) is 30.2 Å². The van der Waals surface area contributed by atoms with Gasteiger partial charge in [-0.25, -0.2) is 15.0 Å². The summed E-state index contributed by atoms with van der Waals surface area (Å²) < 4.78 is 0. The molecule has 0 atom stereocenters. The Bertz CT molecular complexity index is 788. The van der Waals surface area contributed by atoms with E-state index in [9.17, 15) is 0 Å². The van der Waals surface area contributed by atoms with Crippen LogP contribution in [0.1, 0.15) is 12.5 Å². The molecule has 4 N–H and O–H groups in total. The van der Waals surface area contributed by atoms with Crippen molar-refractivity contribution in [2.45, 2.75) is 13.3 Å². The summed E-state index contributed by atoms with van der Waals surface area (Å²) in [6, 6.07) is 13.7. The lowest BCUT2D eigenvalue weighted by molar-refractivity contribution is 1.13. The van der Waals surface area contributed by atoms with Crippen LogP contribution in [0.3, 0.4) is 0 Å². The molecule has 0 spiro atoms. The van der Waals surface area contributed by atoms with Gasteiger partial charge in [0, 0.05) is 11.9 Å². The fourth-order valence-corrected chi connectivity index (χ4v) is 2.23. The Morgan fingerprint density at radius 3 is 2.39 bits per heavy atom. The highest BCUT2D eigenvalue weighted by atomic mass is 15.1. The molecule has 0 aliphatic carbocycles. The molecule has 6 nitrogen and oxygen atoms in total. The van der Waals surface area contributed by atoms with Gasteiger partial charge >= 0.3 is 0 Å². The molecule has 0 amide bonds. The van der Waals surface area contributed by atoms with Gasteiger partial charge in [0.05, 0.1) is 0 Å². The Balaban J connectivity index is 1.88. The summed E-state index contributed by atoms with van der Waals surface area (Å²) in [5, 5.41) is 6.38. The maximum Gasteiger partial charge on any atom is 0.160 e. The van der Waals surface area contributed by atoms with Gasteiger partial charge in [-0.1, -0.05) is 31.2 Å². The van der Waals surface area contributed by atoms with Crippen molar-refractivity contribution in [3.8, 4) is 0 Å². The molecule has 2 heterocycles. The lowest BCUT2D eigenvalue weighted by Gasteiger charge is -2.14. The Labute approximate surface area is 134 Å². The molecule has 0 unspecified atom stereocenters. The number of nitrogens with zero attached hydrogens (tertiary/aromatic N) is 3. The fourth-order valence-electron chi connectivity index (χ4n) is 2.23. The minimum Gasteiger partial charge on any atom is -0.393 e. The standard InChI is InChI=1S/C17H18N6/c1-2-12-7-3-4-8-13(12)22-16-15(18)17(21-11-20-16)23-14-9-5-6-10-19-14/h3-11H,2,18H2,1H3,(H2,19,20,21,22,23). The highest BCUT2D eigenvalue weighted by molar-refractivity contribution is 5.80. The van der Waals surface area contributed by atoms with Crippen LogP contribution >= 0.6 is 0 Å². The van der Waals surface area contributed by atoms with Crippen LogP contribution in [0.25, 0.3) is 0 Å². The number of anilines is 5. The van der Waals surface area contributed by atoms with Crippen LogP contribution in [-0.4, -0.2) is 15.0 Å². The van der Waals surface area contributed by atoms with Crippen molar-refractivity contribution >= 4 is 28.8 Å². The summed E-state index contributed by atoms with van der Waals surface area (Å²) in [5.74, 6) is 1.77. The quantitative estimate of drug-likeness (QED) is 0.668. The zero-order chi connectivity index (χ0) is 16.1. The van der Waals surface area contributed by atoms with Crippen LogP contribution in [0, 0.1) is 0 Å². The zero-order valence-corrected chi connectivity index (χ0v) is 12.8. The zero-order valence-electron chi connectivity index (χ0n) is 12.8. The van der Waals surface area contributed by atoms with E-state index in [-0.39, 0.29) is 0 Å². The van der Waals surface area contributed by atoms with Crippen LogP contribution in [0.5, 0.6) is 0 Å². The van der Waals surface area contributed by atoms with E-state index >= 15 is 0 Å². The second-order valence-corrected chi connectivity index (χ2v) is 4.96. The molecule has 116 valence electrons. The van der Waals surface area contributed by atoms with Gasteiger partial charge in [0.25, 0.3) is 0 Å². The molecule has 3 rings (SSSR count). The molecule has 0 radical (unpaired) electrons. The summed E-state index contributed by atoms with van der Waals surface area (Å²) in [6.07, 6.45) is 4.10. The first-order valence-corrected chi connectivity index (χ1v) is 7.41. The Morgan fingerprint density at radius 2 is 1.65 bits per heavy atom. The molecule has 3 aromatic rings. The van der Waals surface area contributed by atoms with Crippen LogP contribution in [0.15, 0.2) is 55.0 Å². The number of benzene rings is 1. The van der Waals surface area contributed by atoms with Gasteiger partial charge in [0.2, 0.25) is 0 Å². The number of aromatic nitrogens is 3. The number of rotatable bonds is 5. The number of para-hydroxylation sites is 1. The number of nitrogen functional groups attached to an aromatic ring is 1. The monoisotopic (exact) mass is 306 g/mol. The lowest BCUT2D eigenvalue weighted by atomic mass is 10.1. The van der Waals surface area contributed by atoms with Gasteiger partial charge in [-0.15, -0.1) is 0 Å². The van der Waals surface area contributed by atoms with Crippen molar-refractivity contribution in [3.05, 3.63) is 60.6 Å². The second kappa shape index (κ2) is 6.74. The molecule has 0 bridgehead atoms. The van der Waals surface area contributed by atoms with Crippen molar-refractivity contribution in [2.75, 3.05) is 16.4 Å². The lowest BCUT2D eigenvalue weighted by Crippen LogP contribution is -2.06. The van der Waals surface area contributed by atoms with E-state index in [1.807, 2.05) is 36.4 Å². The predicted octanol–water partition coefficient (Wildman–Crippen LogP) is 3.50. The third-order valence-corrected chi connectivity index (χ3v) is 3.45. The number of aryl methyl sites for hydroxylation is 1. The van der Waals surface area contributed by atoms with E-state index in [4.69, 9.17) is 5.73 Å². The van der Waals surface area contributed by atoms with Crippen LogP contribution in [-0.2, 0) is 6.42 Å². The molecule has 2 aromatic heterocycles. The molecular weight excluding hydrogens is 288 g/mol. The normalized spacial score (nSPS) is 10.3. The molecule has 0 saturated heterocycles. The van der Waals surface area contributed by atoms with Crippen LogP contribution in [0.4, 0.5) is 28.8 Å². The molecule has 0 fully saturated rings. The summed E-state index contributed by atoms with van der Waals surface area (Å²) >= 11 is 0. The van der Waals surface area contributed by atoms with Gasteiger partial charge in [0.15, 0.2) is 11.6 Å². The van der Waals surface area contributed by atoms with Gasteiger partial charge in [-0.2, -0.15) is 0 Å². The Kier molecular flexibility index (Phi) is 4.33. The van der Waals surface area contributed by atoms with E-state index in [1.54, 1.807) is 6.20 Å². The topological polar surface area (TPSA) is 88.8 Å². The van der Waals surface area contributed by atoms with Gasteiger partial charge in [-0.3, -0.25) is 0 Å². The summed E-state index contributed by atoms with van der Waals surface area (Å²) in [7, 11) is 0. The number of nitrogens with two attached hydrogens (primary N) is 1. The maximum absolute atomic E-state index is 6.19. The molecule has 6 heteroatoms. The third kappa shape index (κ3) is 3.37. The van der Waals surface area contributed by atoms with E-state index in [2.05, 4.69) is 38.6 Å². The van der Waals surface area contributed by atoms with Gasteiger partial charge < -0.3 is 16.4 Å². The number of hydrogen-bond donors (Lipinski definition) is 3. The Hall–Kier alpha value is -3.15. The average molecular weight is 306 g/mol. The number of pyridine rings is 1. The highest BCUT2D eigenvalue weighted by Crippen LogP contribution is 2.28. The maximum atomic E-state index is 6.19. The van der Waals surface area contributed by atoms with E-state index in [0.717, 1.165) is 12.1 Å². The summed E-state index contributed by atoms with van der Waals surface area (Å²) in [4.78, 5) is 12.6. The van der Waals surface area contributed by atoms with Crippen LogP contribution in [0.2, 0.25) is 0 Å². The predicted molar refractivity (Wildman–Crippen MR) is 93.1 cm³/mol. The average Bonchev–Trinajstić information content (AvgIpc) is 2.60. The molecule has 0 saturated carbocycles. The fraction of sp³-hybridized carbons (Fsp3) is 0.118. The third-order valence-electron chi connectivity index (χ3n) is 3.45. The molecule has 0 aliphatic heterocycles. The molecule has 23 heavy (non-hydrogen) atoms. The second-order valence-electron chi connectivity index (χ2n) is 4.96. The van der Waals surface area contributed by atoms with Crippen molar-refractivity contribution in [2.24, 2.45) is 0 Å². The molecular formula is C17H18N6. The Morgan fingerprint density at radius 1 is 0.913 bits per heavy atom. The van der Waals surface area contributed by atoms with Crippen molar-refractivity contribution in [1.82, 2.24) is 15.0 Å². The van der Waals surface area contributed by atoms with Crippen molar-refractivity contribution in [3.63, 3.8) is 0 Å². The first-order valence-electron chi connectivity index (χ1n) is 7.41. The smallest absolute Gasteiger partial charge is 0.160 e. The minimum absolute atomic E-state index is 0.448.